The van der Waals surface area contributed by atoms with Crippen molar-refractivity contribution < 1.29 is 18.3 Å². The molecule has 2 rings (SSSR count). The second-order valence-corrected chi connectivity index (χ2v) is 7.71. The zero-order valence-electron chi connectivity index (χ0n) is 11.9. The molecule has 116 valence electrons. The normalized spacial score (nSPS) is 18.3. The molecule has 0 spiro atoms. The molecule has 1 N–H and O–H groups in total. The number of hydrogen-bond donors (Lipinski definition) is 1. The second-order valence-electron chi connectivity index (χ2n) is 5.41. The minimum atomic E-state index is -2.89. The highest BCUT2D eigenvalue weighted by Crippen LogP contribution is 2.24. The fraction of sp³-hybridized carbons (Fsp3) is 0.533. The average Bonchev–Trinajstić information content (AvgIpc) is 2.45. The zero-order valence-corrected chi connectivity index (χ0v) is 12.8. The lowest BCUT2D eigenvalue weighted by Gasteiger charge is -2.36. The summed E-state index contributed by atoms with van der Waals surface area (Å²) in [6, 6.07) is 9.97. The van der Waals surface area contributed by atoms with Crippen molar-refractivity contribution in [2.45, 2.75) is 31.7 Å². The van der Waals surface area contributed by atoms with Crippen molar-refractivity contribution in [3.63, 3.8) is 0 Å². The molecular weight excluding hydrogens is 290 g/mol. The molecule has 1 heterocycles. The van der Waals surface area contributed by atoms with E-state index in [4.69, 9.17) is 5.11 Å². The van der Waals surface area contributed by atoms with Crippen LogP contribution >= 0.6 is 0 Å². The van der Waals surface area contributed by atoms with Crippen LogP contribution in [0.3, 0.4) is 0 Å². The largest absolute Gasteiger partial charge is 0.481 e. The van der Waals surface area contributed by atoms with E-state index in [0.717, 1.165) is 5.69 Å². The highest BCUT2D eigenvalue weighted by Gasteiger charge is 2.28. The van der Waals surface area contributed by atoms with Crippen molar-refractivity contribution in [1.29, 1.82) is 0 Å². The predicted molar refractivity (Wildman–Crippen MR) is 82.3 cm³/mol. The molecule has 5 nitrogen and oxygen atoms in total. The summed E-state index contributed by atoms with van der Waals surface area (Å²) in [5, 5.41) is 8.78. The second kappa shape index (κ2) is 6.93. The average molecular weight is 311 g/mol. The Morgan fingerprint density at radius 1 is 1.19 bits per heavy atom. The van der Waals surface area contributed by atoms with Crippen LogP contribution in [0.25, 0.3) is 0 Å². The van der Waals surface area contributed by atoms with Gasteiger partial charge in [0.15, 0.2) is 0 Å². The van der Waals surface area contributed by atoms with Gasteiger partial charge >= 0.3 is 5.97 Å². The number of carboxylic acids is 1. The lowest BCUT2D eigenvalue weighted by atomic mass is 10.1. The van der Waals surface area contributed by atoms with E-state index < -0.39 is 15.8 Å². The number of hydrogen-bond acceptors (Lipinski definition) is 4. The highest BCUT2D eigenvalue weighted by atomic mass is 32.2. The number of sulfone groups is 1. The standard InChI is InChI=1S/C15H21NO4S/c17-15(18)7-4-10-16(13-5-2-1-3-6-13)14-8-11-21(19,20)12-9-14/h1-3,5-6,14H,4,7-12H2,(H,17,18). The molecule has 0 unspecified atom stereocenters. The van der Waals surface area contributed by atoms with Gasteiger partial charge in [-0.3, -0.25) is 4.79 Å². The molecule has 1 aliphatic heterocycles. The van der Waals surface area contributed by atoms with Crippen LogP contribution in [0.1, 0.15) is 25.7 Å². The van der Waals surface area contributed by atoms with Crippen molar-refractivity contribution in [1.82, 2.24) is 0 Å². The minimum Gasteiger partial charge on any atom is -0.481 e. The lowest BCUT2D eigenvalue weighted by Crippen LogP contribution is -2.42. The van der Waals surface area contributed by atoms with Crippen molar-refractivity contribution in [2.24, 2.45) is 0 Å². The van der Waals surface area contributed by atoms with Crippen LogP contribution in [0.5, 0.6) is 0 Å². The lowest BCUT2D eigenvalue weighted by molar-refractivity contribution is -0.137. The topological polar surface area (TPSA) is 74.7 Å². The predicted octanol–water partition coefficient (Wildman–Crippen LogP) is 1.94. The zero-order chi connectivity index (χ0) is 15.3. The first-order valence-corrected chi connectivity index (χ1v) is 9.04. The van der Waals surface area contributed by atoms with Gasteiger partial charge in [-0.05, 0) is 31.4 Å². The molecule has 1 aliphatic rings. The van der Waals surface area contributed by atoms with E-state index in [1.165, 1.54) is 0 Å². The summed E-state index contributed by atoms with van der Waals surface area (Å²) in [6.07, 6.45) is 1.93. The van der Waals surface area contributed by atoms with Crippen LogP contribution in [-0.4, -0.2) is 43.6 Å². The molecule has 0 aliphatic carbocycles. The number of nitrogens with zero attached hydrogens (tertiary/aromatic N) is 1. The molecule has 0 radical (unpaired) electrons. The van der Waals surface area contributed by atoms with E-state index in [1.807, 2.05) is 30.3 Å². The first-order chi connectivity index (χ1) is 9.98. The maximum Gasteiger partial charge on any atom is 0.303 e. The van der Waals surface area contributed by atoms with Gasteiger partial charge in [0.05, 0.1) is 11.5 Å². The van der Waals surface area contributed by atoms with Gasteiger partial charge in [0, 0.05) is 24.7 Å². The van der Waals surface area contributed by atoms with Crippen LogP contribution in [0, 0.1) is 0 Å². The van der Waals surface area contributed by atoms with Crippen molar-refractivity contribution in [2.75, 3.05) is 23.0 Å². The summed E-state index contributed by atoms with van der Waals surface area (Å²) >= 11 is 0. The Balaban J connectivity index is 2.07. The van der Waals surface area contributed by atoms with Crippen LogP contribution in [0.4, 0.5) is 5.69 Å². The summed E-state index contributed by atoms with van der Waals surface area (Å²) < 4.78 is 23.1. The molecular formula is C15H21NO4S. The van der Waals surface area contributed by atoms with Gasteiger partial charge in [-0.25, -0.2) is 8.42 Å². The van der Waals surface area contributed by atoms with Gasteiger partial charge < -0.3 is 10.0 Å². The molecule has 0 saturated carbocycles. The van der Waals surface area contributed by atoms with Crippen LogP contribution in [-0.2, 0) is 14.6 Å². The maximum absolute atomic E-state index is 11.6. The molecule has 0 amide bonds. The van der Waals surface area contributed by atoms with Crippen molar-refractivity contribution in [3.05, 3.63) is 30.3 Å². The van der Waals surface area contributed by atoms with Crippen molar-refractivity contribution >= 4 is 21.5 Å². The van der Waals surface area contributed by atoms with Crippen LogP contribution < -0.4 is 4.90 Å². The molecule has 1 aromatic carbocycles. The van der Waals surface area contributed by atoms with Gasteiger partial charge in [-0.2, -0.15) is 0 Å². The SMILES string of the molecule is O=C(O)CCCN(c1ccccc1)C1CCS(=O)(=O)CC1. The Labute approximate surface area is 125 Å². The van der Waals surface area contributed by atoms with Crippen LogP contribution in [0.15, 0.2) is 30.3 Å². The van der Waals surface area contributed by atoms with E-state index in [1.54, 1.807) is 0 Å². The maximum atomic E-state index is 11.6. The summed E-state index contributed by atoms with van der Waals surface area (Å²) in [7, 11) is -2.89. The van der Waals surface area contributed by atoms with E-state index in [2.05, 4.69) is 4.90 Å². The molecule has 0 atom stereocenters. The number of carboxylic acid groups (broad SMARTS) is 1. The number of benzene rings is 1. The molecule has 0 aromatic heterocycles. The van der Waals surface area contributed by atoms with E-state index in [-0.39, 0.29) is 24.0 Å². The first kappa shape index (κ1) is 15.8. The quantitative estimate of drug-likeness (QED) is 0.869. The van der Waals surface area contributed by atoms with Gasteiger partial charge in [-0.1, -0.05) is 18.2 Å². The fourth-order valence-corrected chi connectivity index (χ4v) is 4.20. The molecule has 21 heavy (non-hydrogen) atoms. The summed E-state index contributed by atoms with van der Waals surface area (Å²) in [5.74, 6) is -0.353. The Morgan fingerprint density at radius 2 is 1.81 bits per heavy atom. The molecule has 6 heteroatoms. The summed E-state index contributed by atoms with van der Waals surface area (Å²) in [5.41, 5.74) is 1.03. The Kier molecular flexibility index (Phi) is 5.22. The third-order valence-electron chi connectivity index (χ3n) is 3.84. The van der Waals surface area contributed by atoms with Gasteiger partial charge in [-0.15, -0.1) is 0 Å². The minimum absolute atomic E-state index is 0.133. The summed E-state index contributed by atoms with van der Waals surface area (Å²) in [4.78, 5) is 12.8. The fourth-order valence-electron chi connectivity index (χ4n) is 2.73. The number of rotatable bonds is 6. The monoisotopic (exact) mass is 311 g/mol. The van der Waals surface area contributed by atoms with E-state index in [9.17, 15) is 13.2 Å². The molecule has 1 aromatic rings. The van der Waals surface area contributed by atoms with Gasteiger partial charge in [0.1, 0.15) is 9.84 Å². The number of anilines is 1. The molecule has 1 saturated heterocycles. The van der Waals surface area contributed by atoms with E-state index >= 15 is 0 Å². The first-order valence-electron chi connectivity index (χ1n) is 7.22. The number of para-hydroxylation sites is 1. The Morgan fingerprint density at radius 3 is 2.38 bits per heavy atom. The molecule has 0 bridgehead atoms. The van der Waals surface area contributed by atoms with Gasteiger partial charge in [0.2, 0.25) is 0 Å². The van der Waals surface area contributed by atoms with Crippen molar-refractivity contribution in [3.8, 4) is 0 Å². The number of carbonyl (C=O) groups is 1. The van der Waals surface area contributed by atoms with E-state index in [0.29, 0.717) is 25.8 Å². The molecule has 1 fully saturated rings. The third-order valence-corrected chi connectivity index (χ3v) is 5.56. The van der Waals surface area contributed by atoms with Gasteiger partial charge in [0.25, 0.3) is 0 Å². The third kappa shape index (κ3) is 4.74. The smallest absolute Gasteiger partial charge is 0.303 e. The van der Waals surface area contributed by atoms with Crippen LogP contribution in [0.2, 0.25) is 0 Å². The Hall–Kier alpha value is -1.56. The highest BCUT2D eigenvalue weighted by molar-refractivity contribution is 7.91. The number of aliphatic carboxylic acids is 1. The summed E-state index contributed by atoms with van der Waals surface area (Å²) in [6.45, 7) is 0.640. The Bertz CT molecular complexity index is 557.